The van der Waals surface area contributed by atoms with Crippen LogP contribution in [0.25, 0.3) is 0 Å². The van der Waals surface area contributed by atoms with Gasteiger partial charge < -0.3 is 33.7 Å². The van der Waals surface area contributed by atoms with Gasteiger partial charge in [0.1, 0.15) is 17.7 Å². The summed E-state index contributed by atoms with van der Waals surface area (Å²) < 4.78 is 72.6. The summed E-state index contributed by atoms with van der Waals surface area (Å²) in [6.45, 7) is 8.27. The molecule has 4 rings (SSSR count). The lowest BCUT2D eigenvalue weighted by molar-refractivity contribution is 0.0340. The molecular weight excluding hydrogens is 756 g/mol. The van der Waals surface area contributed by atoms with E-state index in [1.807, 2.05) is 91.0 Å². The Hall–Kier alpha value is -4.07. The molecule has 0 saturated carbocycles. The van der Waals surface area contributed by atoms with Crippen LogP contribution in [0.3, 0.4) is 0 Å². The summed E-state index contributed by atoms with van der Waals surface area (Å²) in [6.07, 6.45) is -2.19. The molecule has 12 nitrogen and oxygen atoms in total. The molecule has 0 heterocycles. The second-order valence-electron chi connectivity index (χ2n) is 15.0. The molecule has 2 atom stereocenters. The molecule has 4 aromatic rings. The highest BCUT2D eigenvalue weighted by molar-refractivity contribution is 7.89. The van der Waals surface area contributed by atoms with E-state index >= 15 is 0 Å². The zero-order valence-corrected chi connectivity index (χ0v) is 34.7. The molecule has 0 fully saturated rings. The van der Waals surface area contributed by atoms with E-state index in [0.29, 0.717) is 5.75 Å². The Morgan fingerprint density at radius 1 is 0.786 bits per heavy atom. The molecule has 0 bridgehead atoms. The first-order valence-corrected chi connectivity index (χ1v) is 21.6. The van der Waals surface area contributed by atoms with Crippen molar-refractivity contribution in [1.82, 2.24) is 9.62 Å². The van der Waals surface area contributed by atoms with Gasteiger partial charge in [0.05, 0.1) is 37.4 Å². The molecule has 56 heavy (non-hydrogen) atoms. The van der Waals surface area contributed by atoms with Gasteiger partial charge in [-0.2, -0.15) is 4.31 Å². The number of hydrogen-bond donors (Lipinski definition) is 2. The van der Waals surface area contributed by atoms with Crippen LogP contribution in [0.2, 0.25) is 0 Å². The van der Waals surface area contributed by atoms with Gasteiger partial charge in [0.15, 0.2) is 0 Å². The standard InChI is InChI=1S/C42H55N2O10PS/c1-41(2,3)54-40(46)43-38(28-33-16-10-7-11-17-33)39(45)29-44(56(48,49)37-24-22-36(50-6)23-25-37)42(4,5)26-27-51-32-55(47,52-30-34-18-12-8-13-19-34)53-31-35-20-14-9-15-21-35/h7-25,38-39,45H,26-32H2,1-6H3,(H,43,46)/t38-,39+/m0/s1. The van der Waals surface area contributed by atoms with Crippen molar-refractivity contribution in [3.05, 3.63) is 132 Å². The SMILES string of the molecule is COc1ccc(S(=O)(=O)N(C[C@@H](O)[C@H](Cc2ccccc2)NC(=O)OC(C)(C)C)C(C)(C)CCOCP(=O)(OCc2ccccc2)OCc2ccccc2)cc1. The van der Waals surface area contributed by atoms with E-state index in [4.69, 9.17) is 23.3 Å². The lowest BCUT2D eigenvalue weighted by Crippen LogP contribution is -2.56. The van der Waals surface area contributed by atoms with E-state index in [1.165, 1.54) is 23.5 Å². The first-order valence-electron chi connectivity index (χ1n) is 18.4. The van der Waals surface area contributed by atoms with Gasteiger partial charge in [0, 0.05) is 18.7 Å². The number of amides is 1. The average Bonchev–Trinajstić information content (AvgIpc) is 3.17. The van der Waals surface area contributed by atoms with Crippen LogP contribution >= 0.6 is 7.60 Å². The number of sulfonamides is 1. The average molecular weight is 811 g/mol. The molecule has 4 aromatic carbocycles. The summed E-state index contributed by atoms with van der Waals surface area (Å²) >= 11 is 0. The molecular formula is C42H55N2O10PS. The third-order valence-corrected chi connectivity index (χ3v) is 12.4. The Bertz CT molecular complexity index is 1900. The number of hydrogen-bond acceptors (Lipinski definition) is 10. The summed E-state index contributed by atoms with van der Waals surface area (Å²) in [5, 5.41) is 14.6. The molecule has 0 aliphatic heterocycles. The third kappa shape index (κ3) is 14.1. The first-order chi connectivity index (χ1) is 26.5. The van der Waals surface area contributed by atoms with Crippen LogP contribution in [0.4, 0.5) is 4.79 Å². The number of carbonyl (C=O) groups is 1. The maximum Gasteiger partial charge on any atom is 0.407 e. The highest BCUT2D eigenvalue weighted by atomic mass is 32.2. The Kier molecular flexibility index (Phi) is 16.2. The molecule has 0 aliphatic carbocycles. The van der Waals surface area contributed by atoms with Crippen molar-refractivity contribution in [1.29, 1.82) is 0 Å². The summed E-state index contributed by atoms with van der Waals surface area (Å²) in [4.78, 5) is 13.0. The van der Waals surface area contributed by atoms with Crippen molar-refractivity contribution in [2.45, 2.75) is 88.9 Å². The Labute approximate surface area is 331 Å². The van der Waals surface area contributed by atoms with Gasteiger partial charge >= 0.3 is 13.7 Å². The highest BCUT2D eigenvalue weighted by Crippen LogP contribution is 2.50. The van der Waals surface area contributed by atoms with Gasteiger partial charge in [-0.15, -0.1) is 0 Å². The van der Waals surface area contributed by atoms with Crippen LogP contribution in [0.5, 0.6) is 5.75 Å². The topological polar surface area (TPSA) is 150 Å². The van der Waals surface area contributed by atoms with E-state index in [1.54, 1.807) is 46.8 Å². The highest BCUT2D eigenvalue weighted by Gasteiger charge is 2.40. The second-order valence-corrected chi connectivity index (χ2v) is 18.8. The van der Waals surface area contributed by atoms with Gasteiger partial charge in [-0.05, 0) is 88.4 Å². The van der Waals surface area contributed by atoms with Gasteiger partial charge in [-0.25, -0.2) is 13.2 Å². The first kappa shape index (κ1) is 44.6. The lowest BCUT2D eigenvalue weighted by Gasteiger charge is -2.40. The van der Waals surface area contributed by atoms with Crippen LogP contribution in [-0.4, -0.2) is 73.8 Å². The quantitative estimate of drug-likeness (QED) is 0.0627. The maximum atomic E-state index is 14.5. The fraction of sp³-hybridized carbons (Fsp3) is 0.405. The molecule has 0 unspecified atom stereocenters. The monoisotopic (exact) mass is 810 g/mol. The molecule has 0 saturated heterocycles. The van der Waals surface area contributed by atoms with Crippen molar-refractivity contribution >= 4 is 23.7 Å². The van der Waals surface area contributed by atoms with Crippen molar-refractivity contribution in [3.63, 3.8) is 0 Å². The van der Waals surface area contributed by atoms with Crippen LogP contribution in [0, 0.1) is 0 Å². The van der Waals surface area contributed by atoms with Crippen molar-refractivity contribution in [3.8, 4) is 5.75 Å². The molecule has 0 radical (unpaired) electrons. The molecule has 0 aromatic heterocycles. The number of nitrogens with zero attached hydrogens (tertiary/aromatic N) is 1. The third-order valence-electron chi connectivity index (χ3n) is 8.79. The molecule has 0 aliphatic rings. The largest absolute Gasteiger partial charge is 0.497 e. The van der Waals surface area contributed by atoms with Crippen molar-refractivity contribution < 1.29 is 46.1 Å². The predicted molar refractivity (Wildman–Crippen MR) is 216 cm³/mol. The minimum atomic E-state index is -4.27. The Balaban J connectivity index is 1.56. The summed E-state index contributed by atoms with van der Waals surface area (Å²) in [5.41, 5.74) is 0.450. The number of β-amino-alcohol motifs (C(OH)–C–C–N with tert-alkyl or cyclic N) is 1. The molecule has 0 spiro atoms. The molecule has 14 heteroatoms. The van der Waals surface area contributed by atoms with Crippen LogP contribution in [0.1, 0.15) is 57.7 Å². The number of carbonyl (C=O) groups excluding carboxylic acids is 1. The molecule has 1 amide bonds. The summed E-state index contributed by atoms with van der Waals surface area (Å²) in [7, 11) is -6.59. The summed E-state index contributed by atoms with van der Waals surface area (Å²) in [5.74, 6) is 0.473. The van der Waals surface area contributed by atoms with E-state index in [2.05, 4.69) is 5.32 Å². The number of ether oxygens (including phenoxy) is 3. The van der Waals surface area contributed by atoms with E-state index < -0.39 is 53.5 Å². The Morgan fingerprint density at radius 3 is 1.77 bits per heavy atom. The number of aliphatic hydroxyl groups excluding tert-OH is 1. The zero-order valence-electron chi connectivity index (χ0n) is 33.0. The van der Waals surface area contributed by atoms with Crippen molar-refractivity contribution in [2.75, 3.05) is 26.6 Å². The molecule has 2 N–H and O–H groups in total. The minimum Gasteiger partial charge on any atom is -0.497 e. The number of methoxy groups -OCH3 is 1. The summed E-state index contributed by atoms with van der Waals surface area (Å²) in [6, 6.07) is 32.9. The minimum absolute atomic E-state index is 0.0210. The van der Waals surface area contributed by atoms with E-state index in [0.717, 1.165) is 16.7 Å². The van der Waals surface area contributed by atoms with Crippen LogP contribution in [0.15, 0.2) is 120 Å². The maximum absolute atomic E-state index is 14.5. The lowest BCUT2D eigenvalue weighted by atomic mass is 9.98. The Morgan fingerprint density at radius 2 is 1.29 bits per heavy atom. The smallest absolute Gasteiger partial charge is 0.407 e. The van der Waals surface area contributed by atoms with Crippen LogP contribution in [-0.2, 0) is 52.7 Å². The van der Waals surface area contributed by atoms with Gasteiger partial charge in [0.2, 0.25) is 10.0 Å². The number of aliphatic hydroxyl groups is 1. The number of rotatable bonds is 21. The predicted octanol–water partition coefficient (Wildman–Crippen LogP) is 7.95. The van der Waals surface area contributed by atoms with Gasteiger partial charge in [-0.1, -0.05) is 91.0 Å². The van der Waals surface area contributed by atoms with Crippen molar-refractivity contribution in [2.24, 2.45) is 0 Å². The van der Waals surface area contributed by atoms with Gasteiger partial charge in [-0.3, -0.25) is 4.57 Å². The fourth-order valence-corrected chi connectivity index (χ4v) is 8.78. The number of nitrogens with one attached hydrogen (secondary N) is 1. The van der Waals surface area contributed by atoms with E-state index in [9.17, 15) is 22.9 Å². The van der Waals surface area contributed by atoms with E-state index in [-0.39, 0.29) is 43.9 Å². The normalized spacial score (nSPS) is 13.6. The van der Waals surface area contributed by atoms with Gasteiger partial charge in [0.25, 0.3) is 0 Å². The zero-order chi connectivity index (χ0) is 40.8. The number of alkyl carbamates (subject to hydrolysis) is 1. The molecule has 304 valence electrons. The van der Waals surface area contributed by atoms with Crippen LogP contribution < -0.4 is 10.1 Å². The second kappa shape index (κ2) is 20.4. The number of benzene rings is 4. The fourth-order valence-electron chi connectivity index (χ4n) is 5.68.